The molecule has 0 N–H and O–H groups in total. The maximum absolute atomic E-state index is 12.5. The van der Waals surface area contributed by atoms with Gasteiger partial charge in [-0.3, -0.25) is 0 Å². The summed E-state index contributed by atoms with van der Waals surface area (Å²) in [6, 6.07) is 6.83. The molecule has 0 aromatic heterocycles. The van der Waals surface area contributed by atoms with Gasteiger partial charge < -0.3 is 9.64 Å². The van der Waals surface area contributed by atoms with E-state index in [1.54, 1.807) is 36.0 Å². The molecule has 0 radical (unpaired) electrons. The lowest BCUT2D eigenvalue weighted by Crippen LogP contribution is -2.50. The van der Waals surface area contributed by atoms with Crippen molar-refractivity contribution < 1.29 is 17.9 Å². The SMILES string of the molecule is COC(=O)N1CCN(S(=O)(=O)c2ccc(SC)cc2)CC1. The highest BCUT2D eigenvalue weighted by Gasteiger charge is 2.30. The van der Waals surface area contributed by atoms with E-state index in [0.29, 0.717) is 13.1 Å². The topological polar surface area (TPSA) is 66.9 Å². The molecule has 116 valence electrons. The predicted molar refractivity (Wildman–Crippen MR) is 81.0 cm³/mol. The number of carbonyl (C=O) groups is 1. The van der Waals surface area contributed by atoms with Crippen molar-refractivity contribution in [2.45, 2.75) is 9.79 Å². The summed E-state index contributed by atoms with van der Waals surface area (Å²) in [6.07, 6.45) is 1.52. The van der Waals surface area contributed by atoms with Crippen molar-refractivity contribution in [3.05, 3.63) is 24.3 Å². The second kappa shape index (κ2) is 6.67. The summed E-state index contributed by atoms with van der Waals surface area (Å²) in [6.45, 7) is 1.24. The summed E-state index contributed by atoms with van der Waals surface area (Å²) < 4.78 is 31.1. The van der Waals surface area contributed by atoms with Gasteiger partial charge in [-0.15, -0.1) is 11.8 Å². The van der Waals surface area contributed by atoms with E-state index in [-0.39, 0.29) is 18.0 Å². The second-order valence-electron chi connectivity index (χ2n) is 4.54. The molecular formula is C13H18N2O4S2. The molecule has 2 rings (SSSR count). The molecule has 8 heteroatoms. The van der Waals surface area contributed by atoms with E-state index < -0.39 is 16.1 Å². The first-order chi connectivity index (χ1) is 9.98. The standard InChI is InChI=1S/C13H18N2O4S2/c1-19-13(16)14-7-9-15(10-8-14)21(17,18)12-5-3-11(20-2)4-6-12/h3-6H,7-10H2,1-2H3. The van der Waals surface area contributed by atoms with Crippen molar-refractivity contribution in [2.24, 2.45) is 0 Å². The third kappa shape index (κ3) is 3.50. The van der Waals surface area contributed by atoms with Crippen LogP contribution in [-0.4, -0.2) is 63.3 Å². The maximum Gasteiger partial charge on any atom is 0.409 e. The van der Waals surface area contributed by atoms with Crippen molar-refractivity contribution in [3.63, 3.8) is 0 Å². The van der Waals surface area contributed by atoms with Crippen LogP contribution in [0.3, 0.4) is 0 Å². The summed E-state index contributed by atoms with van der Waals surface area (Å²) >= 11 is 1.56. The molecule has 0 bridgehead atoms. The average Bonchev–Trinajstić information content (AvgIpc) is 2.54. The first-order valence-electron chi connectivity index (χ1n) is 6.46. The largest absolute Gasteiger partial charge is 0.453 e. The minimum Gasteiger partial charge on any atom is -0.453 e. The highest BCUT2D eigenvalue weighted by molar-refractivity contribution is 7.98. The van der Waals surface area contributed by atoms with Gasteiger partial charge >= 0.3 is 6.09 Å². The van der Waals surface area contributed by atoms with Crippen LogP contribution in [0.1, 0.15) is 0 Å². The minimum absolute atomic E-state index is 0.279. The number of amides is 1. The predicted octanol–water partition coefficient (Wildman–Crippen LogP) is 1.48. The fraction of sp³-hybridized carbons (Fsp3) is 0.462. The first-order valence-corrected chi connectivity index (χ1v) is 9.12. The van der Waals surface area contributed by atoms with E-state index in [1.807, 2.05) is 6.26 Å². The first kappa shape index (κ1) is 16.1. The third-order valence-corrected chi connectivity index (χ3v) is 6.03. The van der Waals surface area contributed by atoms with Gasteiger partial charge in [0.2, 0.25) is 10.0 Å². The van der Waals surface area contributed by atoms with Crippen LogP contribution in [0.25, 0.3) is 0 Å². The van der Waals surface area contributed by atoms with Gasteiger partial charge in [0, 0.05) is 31.1 Å². The number of rotatable bonds is 3. The number of carbonyl (C=O) groups excluding carboxylic acids is 1. The Morgan fingerprint density at radius 1 is 1.14 bits per heavy atom. The fourth-order valence-electron chi connectivity index (χ4n) is 2.14. The van der Waals surface area contributed by atoms with Gasteiger partial charge in [0.05, 0.1) is 12.0 Å². The molecule has 0 atom stereocenters. The Morgan fingerprint density at radius 2 is 1.71 bits per heavy atom. The van der Waals surface area contributed by atoms with Gasteiger partial charge in [-0.2, -0.15) is 4.31 Å². The van der Waals surface area contributed by atoms with Gasteiger partial charge in [-0.25, -0.2) is 13.2 Å². The number of thioether (sulfide) groups is 1. The van der Waals surface area contributed by atoms with E-state index in [2.05, 4.69) is 4.74 Å². The van der Waals surface area contributed by atoms with Crippen molar-refractivity contribution in [3.8, 4) is 0 Å². The maximum atomic E-state index is 12.5. The molecule has 6 nitrogen and oxygen atoms in total. The molecule has 1 aliphatic rings. The summed E-state index contributed by atoms with van der Waals surface area (Å²) in [4.78, 5) is 14.2. The van der Waals surface area contributed by atoms with Crippen LogP contribution in [0.15, 0.2) is 34.1 Å². The number of methoxy groups -OCH3 is 1. The number of nitrogens with zero attached hydrogens (tertiary/aromatic N) is 2. The molecule has 1 amide bonds. The van der Waals surface area contributed by atoms with Crippen LogP contribution in [0.2, 0.25) is 0 Å². The summed E-state index contributed by atoms with van der Waals surface area (Å²) in [5.74, 6) is 0. The Kier molecular flexibility index (Phi) is 5.13. The van der Waals surface area contributed by atoms with Gasteiger partial charge in [-0.05, 0) is 30.5 Å². The minimum atomic E-state index is -3.50. The van der Waals surface area contributed by atoms with Gasteiger partial charge in [0.1, 0.15) is 0 Å². The van der Waals surface area contributed by atoms with Crippen LogP contribution < -0.4 is 0 Å². The van der Waals surface area contributed by atoms with E-state index in [4.69, 9.17) is 0 Å². The van der Waals surface area contributed by atoms with Gasteiger partial charge in [-0.1, -0.05) is 0 Å². The molecule has 1 fully saturated rings. The number of ether oxygens (including phenoxy) is 1. The molecule has 0 spiro atoms. The second-order valence-corrected chi connectivity index (χ2v) is 7.35. The number of benzene rings is 1. The van der Waals surface area contributed by atoms with Crippen molar-refractivity contribution >= 4 is 27.9 Å². The van der Waals surface area contributed by atoms with Crippen molar-refractivity contribution in [1.29, 1.82) is 0 Å². The lowest BCUT2D eigenvalue weighted by molar-refractivity contribution is 0.108. The number of piperazine rings is 1. The van der Waals surface area contributed by atoms with Crippen LogP contribution in [0, 0.1) is 0 Å². The normalized spacial score (nSPS) is 16.8. The molecule has 0 saturated carbocycles. The molecule has 1 aromatic carbocycles. The number of hydrogen-bond acceptors (Lipinski definition) is 5. The van der Waals surface area contributed by atoms with Crippen molar-refractivity contribution in [1.82, 2.24) is 9.21 Å². The highest BCUT2D eigenvalue weighted by Crippen LogP contribution is 2.21. The Hall–Kier alpha value is -1.25. The van der Waals surface area contributed by atoms with E-state index in [0.717, 1.165) is 4.90 Å². The summed E-state index contributed by atoms with van der Waals surface area (Å²) in [7, 11) is -2.18. The van der Waals surface area contributed by atoms with Gasteiger partial charge in [0.15, 0.2) is 0 Å². The molecule has 0 unspecified atom stereocenters. The third-order valence-electron chi connectivity index (χ3n) is 3.37. The van der Waals surface area contributed by atoms with E-state index in [1.165, 1.54) is 16.3 Å². The average molecular weight is 330 g/mol. The van der Waals surface area contributed by atoms with Crippen molar-refractivity contribution in [2.75, 3.05) is 39.5 Å². The van der Waals surface area contributed by atoms with Crippen LogP contribution in [0.5, 0.6) is 0 Å². The number of sulfonamides is 1. The fourth-order valence-corrected chi connectivity index (χ4v) is 3.97. The Bertz CT molecular complexity index is 593. The number of hydrogen-bond donors (Lipinski definition) is 0. The van der Waals surface area contributed by atoms with Crippen LogP contribution in [0.4, 0.5) is 4.79 Å². The van der Waals surface area contributed by atoms with Gasteiger partial charge in [0.25, 0.3) is 0 Å². The Balaban J connectivity index is 2.09. The zero-order valence-electron chi connectivity index (χ0n) is 12.0. The van der Waals surface area contributed by atoms with Crippen LogP contribution >= 0.6 is 11.8 Å². The monoisotopic (exact) mass is 330 g/mol. The van der Waals surface area contributed by atoms with E-state index in [9.17, 15) is 13.2 Å². The molecule has 1 aliphatic heterocycles. The molecule has 0 aliphatic carbocycles. The Morgan fingerprint density at radius 3 is 2.19 bits per heavy atom. The molecule has 1 saturated heterocycles. The molecule has 1 aromatic rings. The highest BCUT2D eigenvalue weighted by atomic mass is 32.2. The lowest BCUT2D eigenvalue weighted by atomic mass is 10.4. The smallest absolute Gasteiger partial charge is 0.409 e. The van der Waals surface area contributed by atoms with Crippen LogP contribution in [-0.2, 0) is 14.8 Å². The quantitative estimate of drug-likeness (QED) is 0.786. The summed E-state index contributed by atoms with van der Waals surface area (Å²) in [5, 5.41) is 0. The lowest BCUT2D eigenvalue weighted by Gasteiger charge is -2.33. The zero-order valence-corrected chi connectivity index (χ0v) is 13.6. The van der Waals surface area contributed by atoms with E-state index >= 15 is 0 Å². The molecular weight excluding hydrogens is 312 g/mol. The molecule has 1 heterocycles. The summed E-state index contributed by atoms with van der Waals surface area (Å²) in [5.41, 5.74) is 0. The molecule has 21 heavy (non-hydrogen) atoms. The Labute approximate surface area is 129 Å². The zero-order chi connectivity index (χ0) is 15.5.